The van der Waals surface area contributed by atoms with Gasteiger partial charge in [-0.05, 0) is 42.3 Å². The predicted octanol–water partition coefficient (Wildman–Crippen LogP) is 3.32. The van der Waals surface area contributed by atoms with Gasteiger partial charge in [-0.15, -0.1) is 10.2 Å². The van der Waals surface area contributed by atoms with Crippen LogP contribution in [0.5, 0.6) is 5.88 Å². The van der Waals surface area contributed by atoms with Crippen LogP contribution < -0.4 is 9.46 Å². The van der Waals surface area contributed by atoms with E-state index in [0.717, 1.165) is 32.4 Å². The highest BCUT2D eigenvalue weighted by Crippen LogP contribution is 2.36. The van der Waals surface area contributed by atoms with Crippen LogP contribution >= 0.6 is 0 Å². The van der Waals surface area contributed by atoms with E-state index < -0.39 is 21.0 Å². The zero-order valence-electron chi connectivity index (χ0n) is 23.5. The van der Waals surface area contributed by atoms with Crippen molar-refractivity contribution in [2.75, 3.05) is 44.4 Å². The first kappa shape index (κ1) is 28.9. The summed E-state index contributed by atoms with van der Waals surface area (Å²) in [6, 6.07) is 14.3. The number of sulfonamides is 1. The number of hydrogen-bond acceptors (Lipinski definition) is 11. The number of pyridine rings is 1. The fraction of sp³-hybridized carbons (Fsp3) is 0.286. The number of benzene rings is 2. The fourth-order valence-electron chi connectivity index (χ4n) is 4.84. The van der Waals surface area contributed by atoms with Crippen LogP contribution in [0.15, 0.2) is 70.2 Å². The molecule has 43 heavy (non-hydrogen) atoms. The number of nitrogens with one attached hydrogen (secondary N) is 1. The van der Waals surface area contributed by atoms with E-state index in [4.69, 9.17) is 13.9 Å². The van der Waals surface area contributed by atoms with Crippen LogP contribution in [0.25, 0.3) is 33.5 Å². The van der Waals surface area contributed by atoms with E-state index >= 15 is 0 Å². The van der Waals surface area contributed by atoms with Crippen molar-refractivity contribution < 1.29 is 26.5 Å². The molecule has 5 aromatic rings. The third-order valence-corrected chi connectivity index (χ3v) is 8.67. The zero-order valence-corrected chi connectivity index (χ0v) is 25.1. The van der Waals surface area contributed by atoms with Gasteiger partial charge in [-0.25, -0.2) is 17.6 Å². The molecule has 13 nitrogen and oxygen atoms in total. The lowest BCUT2D eigenvalue weighted by Gasteiger charge is -2.15. The van der Waals surface area contributed by atoms with E-state index in [1.165, 1.54) is 11.2 Å². The number of rotatable bonds is 9. The summed E-state index contributed by atoms with van der Waals surface area (Å²) in [7, 11) is -3.86. The Balaban J connectivity index is 1.47. The molecule has 1 fully saturated rings. The Hall–Kier alpha value is -4.18. The first-order valence-electron chi connectivity index (χ1n) is 13.4. The topological polar surface area (TPSA) is 155 Å². The second-order valence-electron chi connectivity index (χ2n) is 9.93. The van der Waals surface area contributed by atoms with Crippen molar-refractivity contribution in [3.8, 4) is 28.5 Å². The Morgan fingerprint density at radius 2 is 1.88 bits per heavy atom. The van der Waals surface area contributed by atoms with Crippen LogP contribution in [-0.2, 0) is 32.3 Å². The summed E-state index contributed by atoms with van der Waals surface area (Å²) in [6.07, 6.45) is 5.15. The number of methoxy groups -OCH3 is 1. The molecule has 15 heteroatoms. The molecule has 0 amide bonds. The maximum atomic E-state index is 13.6. The maximum absolute atomic E-state index is 13.6. The van der Waals surface area contributed by atoms with E-state index in [1.807, 2.05) is 30.3 Å². The van der Waals surface area contributed by atoms with E-state index in [1.54, 1.807) is 30.6 Å². The minimum Gasteiger partial charge on any atom is -0.480 e. The largest absolute Gasteiger partial charge is 0.480 e. The Bertz CT molecular complexity index is 1880. The van der Waals surface area contributed by atoms with Crippen molar-refractivity contribution in [2.45, 2.75) is 17.9 Å². The second kappa shape index (κ2) is 12.2. The van der Waals surface area contributed by atoms with Crippen LogP contribution in [-0.4, -0.2) is 81.6 Å². The summed E-state index contributed by atoms with van der Waals surface area (Å²) in [5.41, 5.74) is 2.50. The Morgan fingerprint density at radius 3 is 2.67 bits per heavy atom. The van der Waals surface area contributed by atoms with Gasteiger partial charge in [0, 0.05) is 36.8 Å². The van der Waals surface area contributed by atoms with Gasteiger partial charge in [-0.3, -0.25) is 9.62 Å². The van der Waals surface area contributed by atoms with Gasteiger partial charge in [-0.2, -0.15) is 9.19 Å². The molecule has 0 bridgehead atoms. The molecule has 6 rings (SSSR count). The number of ether oxygens (including phenoxy) is 2. The summed E-state index contributed by atoms with van der Waals surface area (Å²) in [5, 5.41) is 13.8. The monoisotopic (exact) mass is 623 g/mol. The SMILES string of the molecule is COc1ncc(-c2cc(-c3nnc(CN4CCCOCC4)o3)c3cnn(S(=O)c4ccccc4)c3c2)cc1NS(C)(=O)=O. The number of anilines is 1. The molecule has 2 aromatic carbocycles. The third-order valence-electron chi connectivity index (χ3n) is 6.80. The van der Waals surface area contributed by atoms with Crippen molar-refractivity contribution in [1.29, 1.82) is 0 Å². The Kier molecular flexibility index (Phi) is 8.21. The van der Waals surface area contributed by atoms with Crippen molar-refractivity contribution in [3.63, 3.8) is 0 Å². The summed E-state index contributed by atoms with van der Waals surface area (Å²) in [4.78, 5) is 7.09. The van der Waals surface area contributed by atoms with Crippen LogP contribution in [0.3, 0.4) is 0 Å². The summed E-state index contributed by atoms with van der Waals surface area (Å²) in [5.74, 6) is 0.849. The Labute approximate surface area is 250 Å². The van der Waals surface area contributed by atoms with Gasteiger partial charge in [0.1, 0.15) is 5.69 Å². The molecule has 4 heterocycles. The lowest BCUT2D eigenvalue weighted by atomic mass is 10.0. The minimum atomic E-state index is -3.62. The lowest BCUT2D eigenvalue weighted by Crippen LogP contribution is -2.25. The van der Waals surface area contributed by atoms with Gasteiger partial charge in [0.2, 0.25) is 27.7 Å². The van der Waals surface area contributed by atoms with Crippen LogP contribution in [0.2, 0.25) is 0 Å². The first-order chi connectivity index (χ1) is 20.8. The molecule has 1 unspecified atom stereocenters. The van der Waals surface area contributed by atoms with Crippen molar-refractivity contribution in [3.05, 3.63) is 66.8 Å². The van der Waals surface area contributed by atoms with Gasteiger partial charge in [0.05, 0.1) is 48.7 Å². The number of hydrogen-bond donors (Lipinski definition) is 1. The molecule has 1 atom stereocenters. The molecule has 0 aliphatic carbocycles. The van der Waals surface area contributed by atoms with E-state index in [-0.39, 0.29) is 17.5 Å². The quantitative estimate of drug-likeness (QED) is 0.257. The van der Waals surface area contributed by atoms with E-state index in [9.17, 15) is 12.6 Å². The molecule has 1 N–H and O–H groups in total. The first-order valence-corrected chi connectivity index (χ1v) is 16.4. The smallest absolute Gasteiger partial charge is 0.248 e. The standard InChI is InChI=1S/C28H29N7O6S2/c1-39-28-24(33-43(2,37)38)14-20(16-29-28)19-13-22(27-32-31-26(41-27)18-34-9-6-11-40-12-10-34)23-17-30-35(25(23)15-19)42(36)21-7-4-3-5-8-21/h3-5,7-8,13-17,33H,6,9-12,18H2,1-2H3. The highest BCUT2D eigenvalue weighted by molar-refractivity contribution is 7.92. The number of aromatic nitrogens is 5. The van der Waals surface area contributed by atoms with Gasteiger partial charge in [0.15, 0.2) is 11.0 Å². The van der Waals surface area contributed by atoms with E-state index in [0.29, 0.717) is 51.5 Å². The highest BCUT2D eigenvalue weighted by atomic mass is 32.2. The molecule has 1 aliphatic heterocycles. The van der Waals surface area contributed by atoms with Gasteiger partial charge >= 0.3 is 0 Å². The van der Waals surface area contributed by atoms with Crippen molar-refractivity contribution in [2.24, 2.45) is 0 Å². The second-order valence-corrected chi connectivity index (χ2v) is 13.0. The van der Waals surface area contributed by atoms with Crippen LogP contribution in [0.1, 0.15) is 12.3 Å². The van der Waals surface area contributed by atoms with Crippen molar-refractivity contribution >= 4 is 37.6 Å². The van der Waals surface area contributed by atoms with Crippen molar-refractivity contribution in [1.82, 2.24) is 29.3 Å². The van der Waals surface area contributed by atoms with Gasteiger partial charge in [0.25, 0.3) is 0 Å². The molecular weight excluding hydrogens is 594 g/mol. The fourth-order valence-corrected chi connectivity index (χ4v) is 6.43. The number of fused-ring (bicyclic) bond motifs is 1. The normalized spacial score (nSPS) is 15.3. The number of nitrogens with zero attached hydrogens (tertiary/aromatic N) is 6. The average molecular weight is 624 g/mol. The molecule has 1 saturated heterocycles. The van der Waals surface area contributed by atoms with E-state index in [2.05, 4.69) is 29.9 Å². The summed E-state index contributed by atoms with van der Waals surface area (Å²) in [6.45, 7) is 3.49. The summed E-state index contributed by atoms with van der Waals surface area (Å²) < 4.78 is 58.5. The lowest BCUT2D eigenvalue weighted by molar-refractivity contribution is 0.138. The average Bonchev–Trinajstić information content (AvgIpc) is 3.56. The van der Waals surface area contributed by atoms with Gasteiger partial charge < -0.3 is 13.9 Å². The highest BCUT2D eigenvalue weighted by Gasteiger charge is 2.22. The molecule has 1 aliphatic rings. The van der Waals surface area contributed by atoms with Gasteiger partial charge in [-0.1, -0.05) is 18.2 Å². The summed E-state index contributed by atoms with van der Waals surface area (Å²) >= 11 is 0. The van der Waals surface area contributed by atoms with Crippen LogP contribution in [0.4, 0.5) is 5.69 Å². The molecule has 0 saturated carbocycles. The molecular formula is C28H29N7O6S2. The molecule has 3 aromatic heterocycles. The Morgan fingerprint density at radius 1 is 1.05 bits per heavy atom. The molecule has 0 spiro atoms. The maximum Gasteiger partial charge on any atom is 0.248 e. The zero-order chi connectivity index (χ0) is 30.0. The minimum absolute atomic E-state index is 0.117. The molecule has 224 valence electrons. The van der Waals surface area contributed by atoms with Crippen LogP contribution in [0, 0.1) is 0 Å². The predicted molar refractivity (Wildman–Crippen MR) is 160 cm³/mol. The molecule has 0 radical (unpaired) electrons. The third kappa shape index (κ3) is 6.44.